The Bertz CT molecular complexity index is 1230. The molecular formula is C28H29N5O2. The van der Waals surface area contributed by atoms with E-state index in [1.807, 2.05) is 60.9 Å². The van der Waals surface area contributed by atoms with Gasteiger partial charge < -0.3 is 14.6 Å². The highest BCUT2D eigenvalue weighted by atomic mass is 16.3. The standard InChI is InChI=1S/C28H29N5O2/c34-27(20-24-21-35-28(30-24)23-6-2-1-3-7-23)31-25-8-4-5-9-26(25)33-18-16-32(17-19-33)15-12-22-10-13-29-14-11-22/h1-11,13-14,21H,12,15-20H2,(H,31,34). The first kappa shape index (κ1) is 22.8. The molecule has 1 aliphatic heterocycles. The van der Waals surface area contributed by atoms with Gasteiger partial charge in [-0.25, -0.2) is 4.98 Å². The topological polar surface area (TPSA) is 74.5 Å². The number of anilines is 2. The van der Waals surface area contributed by atoms with E-state index in [-0.39, 0.29) is 12.3 Å². The smallest absolute Gasteiger partial charge is 0.230 e. The molecule has 35 heavy (non-hydrogen) atoms. The van der Waals surface area contributed by atoms with E-state index in [4.69, 9.17) is 4.42 Å². The van der Waals surface area contributed by atoms with Crippen LogP contribution in [0.1, 0.15) is 11.3 Å². The Balaban J connectivity index is 1.16. The lowest BCUT2D eigenvalue weighted by Gasteiger charge is -2.37. The van der Waals surface area contributed by atoms with Gasteiger partial charge in [0.25, 0.3) is 0 Å². The minimum absolute atomic E-state index is 0.110. The highest BCUT2D eigenvalue weighted by Gasteiger charge is 2.20. The van der Waals surface area contributed by atoms with E-state index in [0.29, 0.717) is 11.6 Å². The minimum atomic E-state index is -0.110. The number of oxazole rings is 1. The largest absolute Gasteiger partial charge is 0.444 e. The molecule has 1 saturated heterocycles. The van der Waals surface area contributed by atoms with Gasteiger partial charge in [-0.05, 0) is 48.4 Å². The van der Waals surface area contributed by atoms with Crippen molar-refractivity contribution in [3.8, 4) is 11.5 Å². The summed E-state index contributed by atoms with van der Waals surface area (Å²) in [5, 5.41) is 3.08. The molecule has 3 heterocycles. The first-order valence-corrected chi connectivity index (χ1v) is 12.0. The SMILES string of the molecule is O=C(Cc1coc(-c2ccccc2)n1)Nc1ccccc1N1CCN(CCc2ccncc2)CC1. The molecule has 1 amide bonds. The number of hydrogen-bond donors (Lipinski definition) is 1. The number of hydrogen-bond acceptors (Lipinski definition) is 6. The fourth-order valence-corrected chi connectivity index (χ4v) is 4.36. The van der Waals surface area contributed by atoms with Crippen molar-refractivity contribution in [3.05, 3.63) is 96.6 Å². The van der Waals surface area contributed by atoms with Gasteiger partial charge in [-0.1, -0.05) is 30.3 Å². The Morgan fingerprint density at radius 2 is 1.66 bits per heavy atom. The van der Waals surface area contributed by atoms with Crippen LogP contribution in [0.3, 0.4) is 0 Å². The van der Waals surface area contributed by atoms with Gasteiger partial charge in [0.15, 0.2) is 0 Å². The van der Waals surface area contributed by atoms with Crippen molar-refractivity contribution >= 4 is 17.3 Å². The lowest BCUT2D eigenvalue weighted by Crippen LogP contribution is -2.47. The number of para-hydroxylation sites is 2. The third-order valence-corrected chi connectivity index (χ3v) is 6.27. The number of benzene rings is 2. The molecule has 1 aliphatic rings. The Labute approximate surface area is 205 Å². The van der Waals surface area contributed by atoms with E-state index in [1.54, 1.807) is 6.26 Å². The Morgan fingerprint density at radius 1 is 0.914 bits per heavy atom. The molecule has 2 aromatic heterocycles. The maximum atomic E-state index is 12.8. The van der Waals surface area contributed by atoms with Gasteiger partial charge >= 0.3 is 0 Å². The van der Waals surface area contributed by atoms with E-state index in [9.17, 15) is 4.79 Å². The summed E-state index contributed by atoms with van der Waals surface area (Å²) in [5.74, 6) is 0.414. The lowest BCUT2D eigenvalue weighted by atomic mass is 10.1. The number of carbonyl (C=O) groups excluding carboxylic acids is 1. The average molecular weight is 468 g/mol. The molecule has 0 bridgehead atoms. The van der Waals surface area contributed by atoms with Crippen LogP contribution in [0.2, 0.25) is 0 Å². The molecule has 0 atom stereocenters. The van der Waals surface area contributed by atoms with Crippen LogP contribution in [-0.2, 0) is 17.6 Å². The molecule has 7 heteroatoms. The molecule has 0 aliphatic carbocycles. The predicted octanol–water partition coefficient (Wildman–Crippen LogP) is 4.28. The zero-order chi connectivity index (χ0) is 23.9. The van der Waals surface area contributed by atoms with Gasteiger partial charge in [0.05, 0.1) is 23.5 Å². The van der Waals surface area contributed by atoms with Crippen molar-refractivity contribution in [2.24, 2.45) is 0 Å². The molecule has 0 unspecified atom stereocenters. The quantitative estimate of drug-likeness (QED) is 0.417. The normalized spacial score (nSPS) is 14.1. The third-order valence-electron chi connectivity index (χ3n) is 6.27. The van der Waals surface area contributed by atoms with E-state index in [0.717, 1.165) is 56.1 Å². The summed E-state index contributed by atoms with van der Waals surface area (Å²) in [6, 6.07) is 21.8. The molecule has 5 rings (SSSR count). The number of pyridine rings is 1. The zero-order valence-corrected chi connectivity index (χ0v) is 19.6. The van der Waals surface area contributed by atoms with E-state index in [1.165, 1.54) is 5.56 Å². The Hall–Kier alpha value is -3.97. The van der Waals surface area contributed by atoms with Crippen LogP contribution in [0.4, 0.5) is 11.4 Å². The molecule has 4 aromatic rings. The van der Waals surface area contributed by atoms with Gasteiger partial charge in [0.1, 0.15) is 6.26 Å². The van der Waals surface area contributed by atoms with Crippen LogP contribution < -0.4 is 10.2 Å². The van der Waals surface area contributed by atoms with Gasteiger partial charge in [0, 0.05) is 50.7 Å². The summed E-state index contributed by atoms with van der Waals surface area (Å²) in [5.41, 5.74) is 4.71. The second kappa shape index (κ2) is 11.0. The second-order valence-electron chi connectivity index (χ2n) is 8.69. The number of nitrogens with one attached hydrogen (secondary N) is 1. The highest BCUT2D eigenvalue weighted by Crippen LogP contribution is 2.27. The number of piperazine rings is 1. The molecule has 0 spiro atoms. The van der Waals surface area contributed by atoms with Gasteiger partial charge in [-0.2, -0.15) is 0 Å². The summed E-state index contributed by atoms with van der Waals surface area (Å²) in [4.78, 5) is 26.2. The van der Waals surface area contributed by atoms with Gasteiger partial charge in [0.2, 0.25) is 11.8 Å². The van der Waals surface area contributed by atoms with E-state index >= 15 is 0 Å². The number of rotatable bonds is 8. The third kappa shape index (κ3) is 5.94. The first-order valence-electron chi connectivity index (χ1n) is 12.0. The van der Waals surface area contributed by atoms with Crippen LogP contribution in [-0.4, -0.2) is 53.5 Å². The van der Waals surface area contributed by atoms with Crippen molar-refractivity contribution in [3.63, 3.8) is 0 Å². The monoisotopic (exact) mass is 467 g/mol. The Kier molecular flexibility index (Phi) is 7.15. The van der Waals surface area contributed by atoms with Crippen LogP contribution in [0.25, 0.3) is 11.5 Å². The second-order valence-corrected chi connectivity index (χ2v) is 8.69. The van der Waals surface area contributed by atoms with Gasteiger partial charge in [-0.3, -0.25) is 14.7 Å². The maximum Gasteiger partial charge on any atom is 0.230 e. The van der Waals surface area contributed by atoms with Crippen LogP contribution in [0, 0.1) is 0 Å². The Morgan fingerprint density at radius 3 is 2.46 bits per heavy atom. The van der Waals surface area contributed by atoms with Crippen LogP contribution in [0.15, 0.2) is 89.8 Å². The van der Waals surface area contributed by atoms with Crippen LogP contribution >= 0.6 is 0 Å². The summed E-state index contributed by atoms with van der Waals surface area (Å²) < 4.78 is 5.57. The maximum absolute atomic E-state index is 12.8. The molecule has 2 aromatic carbocycles. The summed E-state index contributed by atoms with van der Waals surface area (Å²) >= 11 is 0. The molecule has 1 fully saturated rings. The number of amides is 1. The summed E-state index contributed by atoms with van der Waals surface area (Å²) in [6.45, 7) is 4.88. The highest BCUT2D eigenvalue weighted by molar-refractivity contribution is 5.95. The van der Waals surface area contributed by atoms with E-state index in [2.05, 4.69) is 43.3 Å². The predicted molar refractivity (Wildman–Crippen MR) is 137 cm³/mol. The number of nitrogens with zero attached hydrogens (tertiary/aromatic N) is 4. The molecule has 1 N–H and O–H groups in total. The van der Waals surface area contributed by atoms with Crippen molar-refractivity contribution < 1.29 is 9.21 Å². The zero-order valence-electron chi connectivity index (χ0n) is 19.6. The van der Waals surface area contributed by atoms with Crippen LogP contribution in [0.5, 0.6) is 0 Å². The average Bonchev–Trinajstić information content (AvgIpc) is 3.37. The molecule has 0 radical (unpaired) electrons. The van der Waals surface area contributed by atoms with Gasteiger partial charge in [-0.15, -0.1) is 0 Å². The lowest BCUT2D eigenvalue weighted by molar-refractivity contribution is -0.115. The van der Waals surface area contributed by atoms with Crippen molar-refractivity contribution in [1.82, 2.24) is 14.9 Å². The van der Waals surface area contributed by atoms with E-state index < -0.39 is 0 Å². The van der Waals surface area contributed by atoms with Crippen molar-refractivity contribution in [1.29, 1.82) is 0 Å². The fraction of sp³-hybridized carbons (Fsp3) is 0.250. The van der Waals surface area contributed by atoms with Crippen molar-refractivity contribution in [2.45, 2.75) is 12.8 Å². The first-order chi connectivity index (χ1) is 17.2. The number of carbonyl (C=O) groups is 1. The molecule has 178 valence electrons. The molecule has 0 saturated carbocycles. The fourth-order valence-electron chi connectivity index (χ4n) is 4.36. The minimum Gasteiger partial charge on any atom is -0.444 e. The molecular weight excluding hydrogens is 438 g/mol. The number of aromatic nitrogens is 2. The summed E-state index contributed by atoms with van der Waals surface area (Å²) in [6.07, 6.45) is 6.45. The van der Waals surface area contributed by atoms with Crippen molar-refractivity contribution in [2.75, 3.05) is 42.9 Å². The summed E-state index contributed by atoms with van der Waals surface area (Å²) in [7, 11) is 0. The molecule has 7 nitrogen and oxygen atoms in total.